The molecule has 2 aromatic carbocycles. The van der Waals surface area contributed by atoms with Crippen LogP contribution in [0, 0.1) is 5.82 Å². The minimum absolute atomic E-state index is 0.278. The third-order valence-electron chi connectivity index (χ3n) is 3.80. The average molecular weight is 306 g/mol. The fraction of sp³-hybridized carbons (Fsp3) is 0.333. The van der Waals surface area contributed by atoms with Gasteiger partial charge >= 0.3 is 0 Å². The van der Waals surface area contributed by atoms with Crippen molar-refractivity contribution in [2.24, 2.45) is 0 Å². The van der Waals surface area contributed by atoms with Crippen molar-refractivity contribution in [1.29, 1.82) is 0 Å². The maximum atomic E-state index is 13.1. The molecule has 1 N–H and O–H groups in total. The number of benzene rings is 2. The van der Waals surface area contributed by atoms with E-state index in [2.05, 4.69) is 36.5 Å². The van der Waals surface area contributed by atoms with Crippen molar-refractivity contribution in [1.82, 2.24) is 5.32 Å². The van der Waals surface area contributed by atoms with Crippen LogP contribution in [-0.2, 0) is 19.3 Å². The Morgan fingerprint density at radius 1 is 1.05 bits per heavy atom. The molecule has 1 unspecified atom stereocenters. The minimum Gasteiger partial charge on any atom is -0.316 e. The predicted molar refractivity (Wildman–Crippen MR) is 87.5 cm³/mol. The number of likely N-dealkylation sites (N-methyl/N-ethyl adjacent to an activating group) is 1. The van der Waals surface area contributed by atoms with E-state index in [1.165, 1.54) is 23.3 Å². The molecule has 0 spiro atoms. The molecule has 0 saturated carbocycles. The SMILES string of the molecule is CCc1ccc(CC(Cc2ccc(F)cc2Cl)NC)cc1. The molecule has 0 heterocycles. The molecule has 112 valence electrons. The van der Waals surface area contributed by atoms with Crippen molar-refractivity contribution in [2.45, 2.75) is 32.2 Å². The summed E-state index contributed by atoms with van der Waals surface area (Å²) < 4.78 is 13.1. The van der Waals surface area contributed by atoms with E-state index >= 15 is 0 Å². The van der Waals surface area contributed by atoms with Gasteiger partial charge in [-0.3, -0.25) is 0 Å². The highest BCUT2D eigenvalue weighted by atomic mass is 35.5. The van der Waals surface area contributed by atoms with Crippen molar-refractivity contribution in [3.63, 3.8) is 0 Å². The van der Waals surface area contributed by atoms with Crippen LogP contribution in [-0.4, -0.2) is 13.1 Å². The van der Waals surface area contributed by atoms with Crippen LogP contribution in [0.15, 0.2) is 42.5 Å². The second-order valence-electron chi connectivity index (χ2n) is 5.30. The zero-order chi connectivity index (χ0) is 15.2. The van der Waals surface area contributed by atoms with Crippen LogP contribution in [0.25, 0.3) is 0 Å². The molecule has 2 aromatic rings. The summed E-state index contributed by atoms with van der Waals surface area (Å²) >= 11 is 6.11. The van der Waals surface area contributed by atoms with Gasteiger partial charge < -0.3 is 5.32 Å². The highest BCUT2D eigenvalue weighted by Crippen LogP contribution is 2.20. The molecule has 21 heavy (non-hydrogen) atoms. The van der Waals surface area contributed by atoms with Crippen LogP contribution in [0.3, 0.4) is 0 Å². The molecule has 0 aromatic heterocycles. The Morgan fingerprint density at radius 3 is 2.29 bits per heavy atom. The number of aryl methyl sites for hydroxylation is 1. The second-order valence-corrected chi connectivity index (χ2v) is 5.71. The van der Waals surface area contributed by atoms with Gasteiger partial charge in [-0.15, -0.1) is 0 Å². The monoisotopic (exact) mass is 305 g/mol. The Balaban J connectivity index is 2.05. The first-order chi connectivity index (χ1) is 10.1. The predicted octanol–water partition coefficient (Wildman–Crippen LogP) is 4.41. The first-order valence-corrected chi connectivity index (χ1v) is 7.69. The Hall–Kier alpha value is -1.38. The van der Waals surface area contributed by atoms with Gasteiger partial charge in [0.25, 0.3) is 0 Å². The smallest absolute Gasteiger partial charge is 0.124 e. The maximum Gasteiger partial charge on any atom is 0.124 e. The van der Waals surface area contributed by atoms with Gasteiger partial charge in [0.05, 0.1) is 0 Å². The lowest BCUT2D eigenvalue weighted by Crippen LogP contribution is -2.30. The first kappa shape index (κ1) is 16.0. The van der Waals surface area contributed by atoms with Gasteiger partial charge in [-0.1, -0.05) is 48.9 Å². The van der Waals surface area contributed by atoms with Gasteiger partial charge in [-0.05, 0) is 55.1 Å². The first-order valence-electron chi connectivity index (χ1n) is 7.31. The van der Waals surface area contributed by atoms with Gasteiger partial charge in [-0.25, -0.2) is 4.39 Å². The lowest BCUT2D eigenvalue weighted by Gasteiger charge is -2.17. The minimum atomic E-state index is -0.292. The molecule has 3 heteroatoms. The molecular weight excluding hydrogens is 285 g/mol. The van der Waals surface area contributed by atoms with Crippen molar-refractivity contribution < 1.29 is 4.39 Å². The maximum absolute atomic E-state index is 13.1. The third kappa shape index (κ3) is 4.55. The van der Waals surface area contributed by atoms with Crippen molar-refractivity contribution >= 4 is 11.6 Å². The fourth-order valence-corrected chi connectivity index (χ4v) is 2.67. The van der Waals surface area contributed by atoms with E-state index < -0.39 is 0 Å². The Bertz CT molecular complexity index is 580. The normalized spacial score (nSPS) is 12.4. The van der Waals surface area contributed by atoms with Gasteiger partial charge in [0.1, 0.15) is 5.82 Å². The van der Waals surface area contributed by atoms with Gasteiger partial charge in [-0.2, -0.15) is 0 Å². The zero-order valence-corrected chi connectivity index (χ0v) is 13.3. The van der Waals surface area contributed by atoms with E-state index in [1.807, 2.05) is 7.05 Å². The molecule has 1 nitrogen and oxygen atoms in total. The molecule has 0 aliphatic heterocycles. The summed E-state index contributed by atoms with van der Waals surface area (Å²) in [5.41, 5.74) is 3.62. The van der Waals surface area contributed by atoms with E-state index in [0.717, 1.165) is 24.8 Å². The zero-order valence-electron chi connectivity index (χ0n) is 12.5. The number of halogens is 2. The number of rotatable bonds is 6. The summed E-state index contributed by atoms with van der Waals surface area (Å²) in [6.07, 6.45) is 2.76. The lowest BCUT2D eigenvalue weighted by molar-refractivity contribution is 0.555. The molecule has 0 bridgehead atoms. The fourth-order valence-electron chi connectivity index (χ4n) is 2.42. The topological polar surface area (TPSA) is 12.0 Å². The van der Waals surface area contributed by atoms with E-state index in [-0.39, 0.29) is 11.9 Å². The Morgan fingerprint density at radius 2 is 1.71 bits per heavy atom. The Kier molecular flexibility index (Phi) is 5.77. The molecule has 0 saturated heterocycles. The quantitative estimate of drug-likeness (QED) is 0.833. The summed E-state index contributed by atoms with van der Waals surface area (Å²) in [6.45, 7) is 2.15. The standard InChI is InChI=1S/C18H21ClFN/c1-3-13-4-6-14(7-5-13)10-17(21-2)11-15-8-9-16(20)12-18(15)19/h4-9,12,17,21H,3,10-11H2,1-2H3. The molecule has 1 atom stereocenters. The van der Waals surface area contributed by atoms with E-state index in [4.69, 9.17) is 11.6 Å². The lowest BCUT2D eigenvalue weighted by atomic mass is 9.98. The van der Waals surface area contributed by atoms with Crippen LogP contribution >= 0.6 is 11.6 Å². The molecule has 0 aliphatic carbocycles. The van der Waals surface area contributed by atoms with E-state index in [1.54, 1.807) is 6.07 Å². The van der Waals surface area contributed by atoms with Crippen molar-refractivity contribution in [3.8, 4) is 0 Å². The average Bonchev–Trinajstić information content (AvgIpc) is 2.49. The third-order valence-corrected chi connectivity index (χ3v) is 4.15. The van der Waals surface area contributed by atoms with Gasteiger partial charge in [0.2, 0.25) is 0 Å². The molecule has 0 radical (unpaired) electrons. The van der Waals surface area contributed by atoms with Crippen LogP contribution in [0.4, 0.5) is 4.39 Å². The Labute approximate surface area is 131 Å². The van der Waals surface area contributed by atoms with Crippen LogP contribution < -0.4 is 5.32 Å². The second kappa shape index (κ2) is 7.58. The number of hydrogen-bond donors (Lipinski definition) is 1. The van der Waals surface area contributed by atoms with E-state index in [9.17, 15) is 4.39 Å². The van der Waals surface area contributed by atoms with Crippen LogP contribution in [0.1, 0.15) is 23.6 Å². The summed E-state index contributed by atoms with van der Waals surface area (Å²) in [7, 11) is 1.95. The van der Waals surface area contributed by atoms with Crippen LogP contribution in [0.2, 0.25) is 5.02 Å². The molecule has 0 aliphatic rings. The van der Waals surface area contributed by atoms with E-state index in [0.29, 0.717) is 5.02 Å². The molecular formula is C18H21ClFN. The van der Waals surface area contributed by atoms with Gasteiger partial charge in [0, 0.05) is 11.1 Å². The largest absolute Gasteiger partial charge is 0.316 e. The van der Waals surface area contributed by atoms with Gasteiger partial charge in [0.15, 0.2) is 0 Å². The summed E-state index contributed by atoms with van der Waals surface area (Å²) in [5.74, 6) is -0.292. The van der Waals surface area contributed by atoms with Crippen molar-refractivity contribution in [2.75, 3.05) is 7.05 Å². The van der Waals surface area contributed by atoms with Crippen LogP contribution in [0.5, 0.6) is 0 Å². The highest BCUT2D eigenvalue weighted by Gasteiger charge is 2.11. The van der Waals surface area contributed by atoms with Crippen molar-refractivity contribution in [3.05, 3.63) is 70.0 Å². The summed E-state index contributed by atoms with van der Waals surface area (Å²) in [4.78, 5) is 0. The highest BCUT2D eigenvalue weighted by molar-refractivity contribution is 6.31. The molecule has 2 rings (SSSR count). The summed E-state index contributed by atoms with van der Waals surface area (Å²) in [6, 6.07) is 13.6. The molecule has 0 amide bonds. The molecule has 0 fully saturated rings. The number of nitrogens with one attached hydrogen (secondary N) is 1. The number of hydrogen-bond acceptors (Lipinski definition) is 1. The summed E-state index contributed by atoms with van der Waals surface area (Å²) in [5, 5.41) is 3.81.